The number of nitrogens with zero attached hydrogens (tertiary/aromatic N) is 5. The first-order valence-corrected chi connectivity index (χ1v) is 14.4. The molecule has 1 aliphatic heterocycles. The molecule has 1 aromatic carbocycles. The highest BCUT2D eigenvalue weighted by atomic mass is 15.1. The van der Waals surface area contributed by atoms with Gasteiger partial charge in [0.25, 0.3) is 0 Å². The number of nitrogens with one attached hydrogen (secondary N) is 3. The number of hydrogen-bond acceptors (Lipinski definition) is 6. The molecule has 3 N–H and O–H groups in total. The fourth-order valence-electron chi connectivity index (χ4n) is 6.45. The lowest BCUT2D eigenvalue weighted by atomic mass is 9.89. The smallest absolute Gasteiger partial charge is 0.178 e. The molecule has 1 saturated carbocycles. The third-order valence-electron chi connectivity index (χ3n) is 8.73. The van der Waals surface area contributed by atoms with E-state index in [-0.39, 0.29) is 0 Å². The Morgan fingerprint density at radius 1 is 1.00 bits per heavy atom. The van der Waals surface area contributed by atoms with E-state index in [2.05, 4.69) is 72.7 Å². The van der Waals surface area contributed by atoms with E-state index in [4.69, 9.17) is 4.98 Å². The molecular formula is C31H36N8. The minimum absolute atomic E-state index is 0.523. The Morgan fingerprint density at radius 3 is 2.74 bits per heavy atom. The minimum Gasteiger partial charge on any atom is -0.335 e. The van der Waals surface area contributed by atoms with Crippen LogP contribution in [0.2, 0.25) is 0 Å². The molecule has 2 fully saturated rings. The van der Waals surface area contributed by atoms with E-state index >= 15 is 0 Å². The highest BCUT2D eigenvalue weighted by molar-refractivity contribution is 5.95. The summed E-state index contributed by atoms with van der Waals surface area (Å²) in [5.74, 6) is 2.11. The van der Waals surface area contributed by atoms with Crippen molar-refractivity contribution in [3.63, 3.8) is 0 Å². The summed E-state index contributed by atoms with van der Waals surface area (Å²) < 4.78 is 0. The fraction of sp³-hybridized carbons (Fsp3) is 0.419. The second-order valence-corrected chi connectivity index (χ2v) is 11.5. The van der Waals surface area contributed by atoms with Gasteiger partial charge in [-0.1, -0.05) is 18.9 Å². The highest BCUT2D eigenvalue weighted by Gasteiger charge is 2.23. The summed E-state index contributed by atoms with van der Waals surface area (Å²) in [6, 6.07) is 10.8. The van der Waals surface area contributed by atoms with E-state index in [9.17, 15) is 0 Å². The molecule has 8 nitrogen and oxygen atoms in total. The van der Waals surface area contributed by atoms with Crippen molar-refractivity contribution in [2.45, 2.75) is 51.0 Å². The Kier molecular flexibility index (Phi) is 6.58. The van der Waals surface area contributed by atoms with Crippen LogP contribution in [0.3, 0.4) is 0 Å². The molecule has 8 heteroatoms. The van der Waals surface area contributed by atoms with Crippen molar-refractivity contribution in [3.8, 4) is 22.6 Å². The Bertz CT molecular complexity index is 1590. The van der Waals surface area contributed by atoms with Gasteiger partial charge < -0.3 is 15.2 Å². The first-order chi connectivity index (χ1) is 19.2. The molecule has 0 amide bonds. The zero-order chi connectivity index (χ0) is 26.2. The Morgan fingerprint density at radius 2 is 1.87 bits per heavy atom. The number of pyridine rings is 2. The second-order valence-electron chi connectivity index (χ2n) is 11.5. The van der Waals surface area contributed by atoms with Crippen molar-refractivity contribution in [1.82, 2.24) is 40.3 Å². The van der Waals surface area contributed by atoms with Gasteiger partial charge in [0.05, 0.1) is 11.0 Å². The molecule has 1 aliphatic carbocycles. The van der Waals surface area contributed by atoms with E-state index in [1.54, 1.807) is 0 Å². The first kappa shape index (κ1) is 24.4. The van der Waals surface area contributed by atoms with Gasteiger partial charge in [-0.05, 0) is 105 Å². The summed E-state index contributed by atoms with van der Waals surface area (Å²) >= 11 is 0. The number of rotatable bonds is 7. The number of fused-ring (bicyclic) bond motifs is 2. The number of likely N-dealkylation sites (tertiary alicyclic amines) is 1. The van der Waals surface area contributed by atoms with E-state index in [1.807, 2.05) is 18.6 Å². The third kappa shape index (κ3) is 4.94. The van der Waals surface area contributed by atoms with Gasteiger partial charge in [-0.15, -0.1) is 0 Å². The van der Waals surface area contributed by atoms with Crippen LogP contribution in [0.5, 0.6) is 0 Å². The van der Waals surface area contributed by atoms with Crippen LogP contribution in [0.15, 0.2) is 48.9 Å². The lowest BCUT2D eigenvalue weighted by Crippen LogP contribution is -2.29. The summed E-state index contributed by atoms with van der Waals surface area (Å²) in [4.78, 5) is 20.0. The topological polar surface area (TPSA) is 98.4 Å². The van der Waals surface area contributed by atoms with Crippen LogP contribution in [0.1, 0.15) is 55.6 Å². The van der Waals surface area contributed by atoms with Crippen LogP contribution in [0.25, 0.3) is 44.7 Å². The zero-order valence-corrected chi connectivity index (χ0v) is 22.6. The van der Waals surface area contributed by atoms with E-state index < -0.39 is 0 Å². The SMILES string of the molecule is CN1CCC(c2ccnc3nc(-c4n[nH]c5ccc(-c6cncc(CNCC7CCCC7)c6)cc45)[nH]c23)CC1. The molecule has 0 spiro atoms. The van der Waals surface area contributed by atoms with E-state index in [0.717, 1.165) is 89.7 Å². The Balaban J connectivity index is 1.17. The molecule has 7 rings (SSSR count). The summed E-state index contributed by atoms with van der Waals surface area (Å²) in [5.41, 5.74) is 8.37. The van der Waals surface area contributed by atoms with E-state index in [0.29, 0.717) is 5.92 Å². The average molecular weight is 521 g/mol. The van der Waals surface area contributed by atoms with Crippen molar-refractivity contribution < 1.29 is 0 Å². The van der Waals surface area contributed by atoms with Crippen LogP contribution in [-0.4, -0.2) is 61.7 Å². The molecule has 200 valence electrons. The quantitative estimate of drug-likeness (QED) is 0.256. The minimum atomic E-state index is 0.523. The maximum Gasteiger partial charge on any atom is 0.178 e. The summed E-state index contributed by atoms with van der Waals surface area (Å²) in [6.07, 6.45) is 13.6. The van der Waals surface area contributed by atoms with Crippen molar-refractivity contribution in [2.24, 2.45) is 5.92 Å². The number of hydrogen-bond donors (Lipinski definition) is 3. The molecule has 2 aliphatic rings. The molecule has 0 radical (unpaired) electrons. The van der Waals surface area contributed by atoms with Gasteiger partial charge in [0, 0.05) is 36.1 Å². The highest BCUT2D eigenvalue weighted by Crippen LogP contribution is 2.34. The first-order valence-electron chi connectivity index (χ1n) is 14.4. The Labute approximate surface area is 228 Å². The maximum absolute atomic E-state index is 4.88. The lowest BCUT2D eigenvalue weighted by Gasteiger charge is -2.29. The number of piperidine rings is 1. The molecule has 5 heterocycles. The van der Waals surface area contributed by atoms with E-state index in [1.165, 1.54) is 36.8 Å². The van der Waals surface area contributed by atoms with Gasteiger partial charge in [-0.2, -0.15) is 5.10 Å². The zero-order valence-electron chi connectivity index (χ0n) is 22.6. The molecule has 1 saturated heterocycles. The van der Waals surface area contributed by atoms with Gasteiger partial charge in [-0.3, -0.25) is 10.1 Å². The molecule has 5 aromatic rings. The predicted octanol–water partition coefficient (Wildman–Crippen LogP) is 5.65. The molecule has 0 unspecified atom stereocenters. The summed E-state index contributed by atoms with van der Waals surface area (Å²) in [5, 5.41) is 12.5. The maximum atomic E-state index is 4.88. The molecular weight excluding hydrogens is 484 g/mol. The van der Waals surface area contributed by atoms with Gasteiger partial charge in [0.2, 0.25) is 0 Å². The standard InChI is InChI=1S/C31H36N8/c1-39-12-9-22(10-13-39)25-8-11-34-30-28(25)35-31(36-30)29-26-15-23(6-7-27(26)37-38-29)24-14-21(18-33-19-24)17-32-16-20-4-2-3-5-20/h6-8,11,14-15,18-20,22,32H,2-5,9-10,12-13,16-17H2,1H3,(H,37,38)(H,34,35,36). The van der Waals surface area contributed by atoms with Crippen LogP contribution in [0.4, 0.5) is 0 Å². The van der Waals surface area contributed by atoms with Gasteiger partial charge in [-0.25, -0.2) is 9.97 Å². The summed E-state index contributed by atoms with van der Waals surface area (Å²) in [7, 11) is 2.20. The van der Waals surface area contributed by atoms with Gasteiger partial charge >= 0.3 is 0 Å². The number of aromatic amines is 2. The van der Waals surface area contributed by atoms with Crippen LogP contribution < -0.4 is 5.32 Å². The molecule has 0 bridgehead atoms. The third-order valence-corrected chi connectivity index (χ3v) is 8.73. The number of imidazole rings is 1. The van der Waals surface area contributed by atoms with Crippen molar-refractivity contribution >= 4 is 22.1 Å². The molecule has 4 aromatic heterocycles. The number of benzene rings is 1. The average Bonchev–Trinajstić information content (AvgIpc) is 3.73. The lowest BCUT2D eigenvalue weighted by molar-refractivity contribution is 0.256. The number of H-pyrrole nitrogens is 2. The van der Waals surface area contributed by atoms with Crippen LogP contribution >= 0.6 is 0 Å². The van der Waals surface area contributed by atoms with Gasteiger partial charge in [0.15, 0.2) is 11.5 Å². The monoisotopic (exact) mass is 520 g/mol. The van der Waals surface area contributed by atoms with Crippen molar-refractivity contribution in [3.05, 3.63) is 60.0 Å². The van der Waals surface area contributed by atoms with Crippen molar-refractivity contribution in [1.29, 1.82) is 0 Å². The number of aromatic nitrogens is 6. The molecule has 0 atom stereocenters. The predicted molar refractivity (Wildman–Crippen MR) is 155 cm³/mol. The second kappa shape index (κ2) is 10.5. The van der Waals surface area contributed by atoms with Gasteiger partial charge in [0.1, 0.15) is 5.69 Å². The molecule has 39 heavy (non-hydrogen) atoms. The largest absolute Gasteiger partial charge is 0.335 e. The van der Waals surface area contributed by atoms with Crippen molar-refractivity contribution in [2.75, 3.05) is 26.7 Å². The summed E-state index contributed by atoms with van der Waals surface area (Å²) in [6.45, 7) is 4.19. The van der Waals surface area contributed by atoms with Crippen LogP contribution in [-0.2, 0) is 6.54 Å². The van der Waals surface area contributed by atoms with Crippen LogP contribution in [0, 0.1) is 5.92 Å². The fourth-order valence-corrected chi connectivity index (χ4v) is 6.45. The Hall–Kier alpha value is -3.62. The normalized spacial score (nSPS) is 17.6.